The van der Waals surface area contributed by atoms with Crippen molar-refractivity contribution in [3.05, 3.63) is 53.6 Å². The number of amides is 1. The van der Waals surface area contributed by atoms with E-state index in [1.165, 1.54) is 12.1 Å². The summed E-state index contributed by atoms with van der Waals surface area (Å²) in [6, 6.07) is 10.6. The normalized spacial score (nSPS) is 17.3. The van der Waals surface area contributed by atoms with Gasteiger partial charge in [-0.05, 0) is 48.7 Å². The van der Waals surface area contributed by atoms with Crippen molar-refractivity contribution in [2.45, 2.75) is 24.4 Å². The first-order valence-electron chi connectivity index (χ1n) is 10.0. The topological polar surface area (TPSA) is 68.8 Å². The van der Waals surface area contributed by atoms with Gasteiger partial charge in [0.15, 0.2) is 11.5 Å². The largest absolute Gasteiger partial charge is 0.454 e. The molecule has 31 heavy (non-hydrogen) atoms. The van der Waals surface area contributed by atoms with Crippen molar-refractivity contribution in [3.63, 3.8) is 0 Å². The van der Waals surface area contributed by atoms with Gasteiger partial charge in [0, 0.05) is 30.9 Å². The number of anilines is 1. The van der Waals surface area contributed by atoms with Gasteiger partial charge in [0.2, 0.25) is 12.7 Å². The molecule has 6 nitrogen and oxygen atoms in total. The molecule has 0 unspecified atom stereocenters. The van der Waals surface area contributed by atoms with Gasteiger partial charge < -0.3 is 24.8 Å². The van der Waals surface area contributed by atoms with Gasteiger partial charge in [0.05, 0.1) is 12.1 Å². The van der Waals surface area contributed by atoms with E-state index in [0.717, 1.165) is 30.5 Å². The standard InChI is InChI=1S/C22H23F3N2O4/c23-22(24,25)16-2-1-3-17(10-16)26-12-20(28)27-13-21(6-8-29-9-7-21)15-4-5-18-19(11-15)31-14-30-18/h1-5,10-11,26H,6-9,12-14H2,(H,27,28). The molecule has 0 atom stereocenters. The maximum absolute atomic E-state index is 12.8. The smallest absolute Gasteiger partial charge is 0.416 e. The molecule has 2 aromatic rings. The number of carbonyl (C=O) groups is 1. The second kappa shape index (κ2) is 8.66. The molecule has 4 rings (SSSR count). The number of hydrogen-bond acceptors (Lipinski definition) is 5. The molecule has 0 aromatic heterocycles. The molecule has 0 bridgehead atoms. The Kier molecular flexibility index (Phi) is 5.95. The molecular weight excluding hydrogens is 413 g/mol. The highest BCUT2D eigenvalue weighted by atomic mass is 19.4. The molecule has 0 saturated carbocycles. The minimum absolute atomic E-state index is 0.130. The Morgan fingerprint density at radius 1 is 1.03 bits per heavy atom. The first-order valence-corrected chi connectivity index (χ1v) is 10.0. The molecule has 0 spiro atoms. The second-order valence-electron chi connectivity index (χ2n) is 7.67. The third-order valence-electron chi connectivity index (χ3n) is 5.70. The highest BCUT2D eigenvalue weighted by Crippen LogP contribution is 2.40. The van der Waals surface area contributed by atoms with Gasteiger partial charge in [-0.15, -0.1) is 0 Å². The Bertz CT molecular complexity index is 943. The van der Waals surface area contributed by atoms with Crippen molar-refractivity contribution >= 4 is 11.6 Å². The summed E-state index contributed by atoms with van der Waals surface area (Å²) >= 11 is 0. The zero-order valence-electron chi connectivity index (χ0n) is 16.8. The van der Waals surface area contributed by atoms with Gasteiger partial charge in [-0.1, -0.05) is 12.1 Å². The van der Waals surface area contributed by atoms with Gasteiger partial charge in [-0.3, -0.25) is 4.79 Å². The van der Waals surface area contributed by atoms with Gasteiger partial charge in [-0.25, -0.2) is 0 Å². The fourth-order valence-electron chi connectivity index (χ4n) is 3.87. The van der Waals surface area contributed by atoms with Crippen LogP contribution in [0.4, 0.5) is 18.9 Å². The predicted molar refractivity (Wildman–Crippen MR) is 107 cm³/mol. The number of nitrogens with one attached hydrogen (secondary N) is 2. The molecular formula is C22H23F3N2O4. The molecule has 2 heterocycles. The van der Waals surface area contributed by atoms with Crippen molar-refractivity contribution in [1.82, 2.24) is 5.32 Å². The first-order chi connectivity index (χ1) is 14.9. The Balaban J connectivity index is 1.39. The Morgan fingerprint density at radius 3 is 2.58 bits per heavy atom. The summed E-state index contributed by atoms with van der Waals surface area (Å²) < 4.78 is 54.9. The minimum atomic E-state index is -4.43. The lowest BCUT2D eigenvalue weighted by Crippen LogP contribution is -2.45. The number of ether oxygens (including phenoxy) is 3. The van der Waals surface area contributed by atoms with E-state index in [4.69, 9.17) is 14.2 Å². The van der Waals surface area contributed by atoms with Crippen molar-refractivity contribution in [3.8, 4) is 11.5 Å². The number of fused-ring (bicyclic) bond motifs is 1. The first kappa shape index (κ1) is 21.3. The Hall–Kier alpha value is -2.94. The maximum atomic E-state index is 12.8. The van der Waals surface area contributed by atoms with Crippen LogP contribution >= 0.6 is 0 Å². The Morgan fingerprint density at radius 2 is 1.81 bits per heavy atom. The van der Waals surface area contributed by atoms with Gasteiger partial charge in [-0.2, -0.15) is 13.2 Å². The van der Waals surface area contributed by atoms with Gasteiger partial charge in [0.25, 0.3) is 0 Å². The van der Waals surface area contributed by atoms with E-state index in [2.05, 4.69) is 10.6 Å². The number of benzene rings is 2. The monoisotopic (exact) mass is 436 g/mol. The lowest BCUT2D eigenvalue weighted by atomic mass is 9.74. The van der Waals surface area contributed by atoms with Gasteiger partial charge in [0.1, 0.15) is 0 Å². The van der Waals surface area contributed by atoms with Crippen LogP contribution in [-0.4, -0.2) is 39.0 Å². The summed E-state index contributed by atoms with van der Waals surface area (Å²) in [6.07, 6.45) is -2.97. The molecule has 2 aliphatic rings. The number of halogens is 3. The average molecular weight is 436 g/mol. The summed E-state index contributed by atoms with van der Waals surface area (Å²) in [4.78, 5) is 12.4. The number of carbonyl (C=O) groups excluding carboxylic acids is 1. The number of alkyl halides is 3. The van der Waals surface area contributed by atoms with Crippen molar-refractivity contribution < 1.29 is 32.2 Å². The third-order valence-corrected chi connectivity index (χ3v) is 5.70. The van der Waals surface area contributed by atoms with E-state index in [1.807, 2.05) is 18.2 Å². The SMILES string of the molecule is O=C(CNc1cccc(C(F)(F)F)c1)NCC1(c2ccc3c(c2)OCO3)CCOCC1. The second-order valence-corrected chi connectivity index (χ2v) is 7.67. The lowest BCUT2D eigenvalue weighted by molar-refractivity contribution is -0.137. The van der Waals surface area contributed by atoms with Gasteiger partial charge >= 0.3 is 6.18 Å². The molecule has 1 fully saturated rings. The summed E-state index contributed by atoms with van der Waals surface area (Å²) in [5.74, 6) is 1.07. The van der Waals surface area contributed by atoms with E-state index in [-0.39, 0.29) is 30.3 Å². The van der Waals surface area contributed by atoms with Crippen LogP contribution in [0, 0.1) is 0 Å². The van der Waals surface area contributed by atoms with E-state index in [1.54, 1.807) is 0 Å². The highest BCUT2D eigenvalue weighted by Gasteiger charge is 2.36. The summed E-state index contributed by atoms with van der Waals surface area (Å²) in [5, 5.41) is 5.68. The molecule has 1 amide bonds. The fraction of sp³-hybridized carbons (Fsp3) is 0.409. The summed E-state index contributed by atoms with van der Waals surface area (Å²) in [7, 11) is 0. The molecule has 2 aliphatic heterocycles. The predicted octanol–water partition coefficient (Wildman–Crippen LogP) is 3.71. The zero-order chi connectivity index (χ0) is 21.9. The van der Waals surface area contributed by atoms with E-state index >= 15 is 0 Å². The summed E-state index contributed by atoms with van der Waals surface area (Å²) in [6.45, 7) is 1.60. The van der Waals surface area contributed by atoms with Crippen LogP contribution in [0.2, 0.25) is 0 Å². The molecule has 9 heteroatoms. The van der Waals surface area contributed by atoms with Crippen LogP contribution in [0.1, 0.15) is 24.0 Å². The molecule has 2 aromatic carbocycles. The molecule has 0 aliphatic carbocycles. The lowest BCUT2D eigenvalue weighted by Gasteiger charge is -2.38. The van der Waals surface area contributed by atoms with Crippen LogP contribution in [0.15, 0.2) is 42.5 Å². The highest BCUT2D eigenvalue weighted by molar-refractivity contribution is 5.80. The summed E-state index contributed by atoms with van der Waals surface area (Å²) in [5.41, 5.74) is 0.194. The van der Waals surface area contributed by atoms with Crippen LogP contribution < -0.4 is 20.1 Å². The van der Waals surface area contributed by atoms with Crippen molar-refractivity contribution in [2.24, 2.45) is 0 Å². The quantitative estimate of drug-likeness (QED) is 0.723. The third kappa shape index (κ3) is 4.87. The maximum Gasteiger partial charge on any atom is 0.416 e. The van der Waals surface area contributed by atoms with Crippen LogP contribution in [0.25, 0.3) is 0 Å². The molecule has 166 valence electrons. The van der Waals surface area contributed by atoms with Crippen LogP contribution in [-0.2, 0) is 21.1 Å². The van der Waals surface area contributed by atoms with E-state index in [9.17, 15) is 18.0 Å². The van der Waals surface area contributed by atoms with Crippen molar-refractivity contribution in [2.75, 3.05) is 38.4 Å². The number of hydrogen-bond donors (Lipinski definition) is 2. The Labute approximate surface area is 177 Å². The van der Waals surface area contributed by atoms with Crippen LogP contribution in [0.3, 0.4) is 0 Å². The van der Waals surface area contributed by atoms with E-state index in [0.29, 0.717) is 31.3 Å². The van der Waals surface area contributed by atoms with Crippen molar-refractivity contribution in [1.29, 1.82) is 0 Å². The molecule has 2 N–H and O–H groups in total. The van der Waals surface area contributed by atoms with E-state index < -0.39 is 11.7 Å². The van der Waals surface area contributed by atoms with Crippen LogP contribution in [0.5, 0.6) is 11.5 Å². The average Bonchev–Trinajstić information content (AvgIpc) is 3.24. The fourth-order valence-corrected chi connectivity index (χ4v) is 3.87. The number of rotatable bonds is 6. The minimum Gasteiger partial charge on any atom is -0.454 e. The molecule has 1 saturated heterocycles. The molecule has 0 radical (unpaired) electrons. The zero-order valence-corrected chi connectivity index (χ0v) is 16.8.